The SMILES string of the molecule is Cc1cc(C(Cl)C(C(F)(F)F)C(F)(F)F)ccc1F. The first kappa shape index (κ1) is 16.1. The Balaban J connectivity index is 3.20. The molecule has 1 atom stereocenters. The van der Waals surface area contributed by atoms with E-state index in [0.717, 1.165) is 18.2 Å². The molecular formula is C11H8ClF7. The molecule has 108 valence electrons. The fourth-order valence-corrected chi connectivity index (χ4v) is 1.97. The van der Waals surface area contributed by atoms with E-state index in [2.05, 4.69) is 0 Å². The van der Waals surface area contributed by atoms with Gasteiger partial charge in [-0.05, 0) is 24.1 Å². The Morgan fingerprint density at radius 2 is 1.47 bits per heavy atom. The molecule has 0 heterocycles. The van der Waals surface area contributed by atoms with Gasteiger partial charge < -0.3 is 0 Å². The standard InChI is InChI=1S/C11H8ClF7/c1-5-4-6(2-3-7(5)13)8(12)9(10(14,15)16)11(17,18)19/h2-4,8-9H,1H3. The Bertz CT molecular complexity index is 435. The molecule has 0 saturated heterocycles. The molecule has 8 heteroatoms. The normalized spacial score (nSPS) is 14.8. The number of aryl methyl sites for hydroxylation is 1. The van der Waals surface area contributed by atoms with Crippen LogP contribution in [0.2, 0.25) is 0 Å². The lowest BCUT2D eigenvalue weighted by Gasteiger charge is -2.27. The molecule has 0 radical (unpaired) electrons. The van der Waals surface area contributed by atoms with Crippen molar-refractivity contribution < 1.29 is 30.7 Å². The zero-order valence-electron chi connectivity index (χ0n) is 9.41. The zero-order valence-corrected chi connectivity index (χ0v) is 10.2. The van der Waals surface area contributed by atoms with E-state index in [1.807, 2.05) is 0 Å². The van der Waals surface area contributed by atoms with Gasteiger partial charge in [0.25, 0.3) is 0 Å². The van der Waals surface area contributed by atoms with E-state index < -0.39 is 35.0 Å². The van der Waals surface area contributed by atoms with Gasteiger partial charge in [0, 0.05) is 0 Å². The van der Waals surface area contributed by atoms with Crippen molar-refractivity contribution in [3.63, 3.8) is 0 Å². The van der Waals surface area contributed by atoms with Gasteiger partial charge in [-0.3, -0.25) is 0 Å². The number of hydrogen-bond donors (Lipinski definition) is 0. The molecule has 0 aliphatic carbocycles. The minimum atomic E-state index is -5.53. The maximum absolute atomic E-state index is 12.9. The van der Waals surface area contributed by atoms with Crippen molar-refractivity contribution in [2.24, 2.45) is 5.92 Å². The van der Waals surface area contributed by atoms with Crippen LogP contribution in [0, 0.1) is 18.7 Å². The monoisotopic (exact) mass is 308 g/mol. The third-order valence-electron chi connectivity index (χ3n) is 2.50. The van der Waals surface area contributed by atoms with Crippen molar-refractivity contribution in [2.45, 2.75) is 24.7 Å². The summed E-state index contributed by atoms with van der Waals surface area (Å²) in [6.45, 7) is 1.22. The summed E-state index contributed by atoms with van der Waals surface area (Å²) in [5.74, 6) is -4.44. The molecule has 0 aliphatic heterocycles. The van der Waals surface area contributed by atoms with Crippen LogP contribution in [0.5, 0.6) is 0 Å². The molecule has 1 aromatic carbocycles. The van der Waals surface area contributed by atoms with Gasteiger partial charge in [-0.2, -0.15) is 26.3 Å². The zero-order chi connectivity index (χ0) is 15.0. The molecule has 1 aromatic rings. The van der Waals surface area contributed by atoms with Crippen molar-refractivity contribution in [1.82, 2.24) is 0 Å². The second kappa shape index (κ2) is 5.19. The average Bonchev–Trinajstić information content (AvgIpc) is 2.17. The van der Waals surface area contributed by atoms with Gasteiger partial charge in [-0.1, -0.05) is 12.1 Å². The Morgan fingerprint density at radius 1 is 1.00 bits per heavy atom. The van der Waals surface area contributed by atoms with E-state index in [-0.39, 0.29) is 5.56 Å². The lowest BCUT2D eigenvalue weighted by atomic mass is 9.96. The number of halogens is 8. The molecule has 0 N–H and O–H groups in total. The van der Waals surface area contributed by atoms with Crippen molar-refractivity contribution >= 4 is 11.6 Å². The van der Waals surface area contributed by atoms with Crippen LogP contribution >= 0.6 is 11.6 Å². The Labute approximate surface area is 109 Å². The van der Waals surface area contributed by atoms with Crippen LogP contribution in [0.4, 0.5) is 30.7 Å². The van der Waals surface area contributed by atoms with E-state index in [1.54, 1.807) is 0 Å². The number of benzene rings is 1. The molecule has 0 spiro atoms. The average molecular weight is 309 g/mol. The molecule has 0 fully saturated rings. The van der Waals surface area contributed by atoms with Gasteiger partial charge in [0.2, 0.25) is 0 Å². The highest BCUT2D eigenvalue weighted by atomic mass is 35.5. The van der Waals surface area contributed by atoms with Gasteiger partial charge in [-0.25, -0.2) is 4.39 Å². The number of rotatable bonds is 2. The van der Waals surface area contributed by atoms with E-state index in [9.17, 15) is 30.7 Å². The van der Waals surface area contributed by atoms with Crippen molar-refractivity contribution in [1.29, 1.82) is 0 Å². The predicted octanol–water partition coefficient (Wildman–Crippen LogP) is 5.15. The lowest BCUT2D eigenvalue weighted by molar-refractivity contribution is -0.284. The quantitative estimate of drug-likeness (QED) is 0.523. The molecule has 1 unspecified atom stereocenters. The Kier molecular flexibility index (Phi) is 4.39. The molecule has 0 amide bonds. The van der Waals surface area contributed by atoms with E-state index in [0.29, 0.717) is 0 Å². The molecule has 19 heavy (non-hydrogen) atoms. The first-order valence-corrected chi connectivity index (χ1v) is 5.41. The number of alkyl halides is 7. The molecular weight excluding hydrogens is 301 g/mol. The topological polar surface area (TPSA) is 0 Å². The molecule has 0 aromatic heterocycles. The fourth-order valence-electron chi connectivity index (χ4n) is 1.55. The van der Waals surface area contributed by atoms with Gasteiger partial charge in [-0.15, -0.1) is 11.6 Å². The van der Waals surface area contributed by atoms with Gasteiger partial charge in [0.1, 0.15) is 5.82 Å². The first-order valence-electron chi connectivity index (χ1n) is 4.98. The van der Waals surface area contributed by atoms with Crippen LogP contribution in [0.3, 0.4) is 0 Å². The summed E-state index contributed by atoms with van der Waals surface area (Å²) in [5, 5.41) is -2.36. The Morgan fingerprint density at radius 3 is 1.84 bits per heavy atom. The minimum absolute atomic E-state index is 0.0775. The second-order valence-electron chi connectivity index (χ2n) is 3.97. The lowest BCUT2D eigenvalue weighted by Crippen LogP contribution is -2.39. The van der Waals surface area contributed by atoms with Crippen LogP contribution in [0.15, 0.2) is 18.2 Å². The van der Waals surface area contributed by atoms with E-state index >= 15 is 0 Å². The van der Waals surface area contributed by atoms with Crippen LogP contribution in [0.1, 0.15) is 16.5 Å². The van der Waals surface area contributed by atoms with Gasteiger partial charge in [0.15, 0.2) is 5.92 Å². The van der Waals surface area contributed by atoms with E-state index in [4.69, 9.17) is 11.6 Å². The van der Waals surface area contributed by atoms with Crippen LogP contribution in [0.25, 0.3) is 0 Å². The van der Waals surface area contributed by atoms with E-state index in [1.165, 1.54) is 6.92 Å². The summed E-state index contributed by atoms with van der Waals surface area (Å²) in [4.78, 5) is 0. The summed E-state index contributed by atoms with van der Waals surface area (Å²) in [5.41, 5.74) is -0.508. The minimum Gasteiger partial charge on any atom is -0.207 e. The highest BCUT2D eigenvalue weighted by Gasteiger charge is 2.60. The summed E-state index contributed by atoms with van der Waals surface area (Å²) in [6, 6.07) is 2.46. The fraction of sp³-hybridized carbons (Fsp3) is 0.455. The smallest absolute Gasteiger partial charge is 0.207 e. The van der Waals surface area contributed by atoms with Crippen molar-refractivity contribution in [2.75, 3.05) is 0 Å². The second-order valence-corrected chi connectivity index (χ2v) is 4.44. The molecule has 1 rings (SSSR count). The summed E-state index contributed by atoms with van der Waals surface area (Å²) < 4.78 is 87.7. The maximum Gasteiger partial charge on any atom is 0.402 e. The third-order valence-corrected chi connectivity index (χ3v) is 3.00. The van der Waals surface area contributed by atoms with Crippen LogP contribution in [-0.2, 0) is 0 Å². The highest BCUT2D eigenvalue weighted by molar-refractivity contribution is 6.21. The third kappa shape index (κ3) is 3.75. The molecule has 0 bridgehead atoms. The molecule has 0 nitrogen and oxygen atoms in total. The largest absolute Gasteiger partial charge is 0.402 e. The first-order chi connectivity index (χ1) is 8.44. The summed E-state index contributed by atoms with van der Waals surface area (Å²) >= 11 is 5.30. The maximum atomic E-state index is 12.9. The van der Waals surface area contributed by atoms with Crippen molar-refractivity contribution in [3.05, 3.63) is 35.1 Å². The summed E-state index contributed by atoms with van der Waals surface area (Å²) in [6.07, 6.45) is -11.1. The van der Waals surface area contributed by atoms with Crippen molar-refractivity contribution in [3.8, 4) is 0 Å². The molecule has 0 saturated carbocycles. The summed E-state index contributed by atoms with van der Waals surface area (Å²) in [7, 11) is 0. The highest BCUT2D eigenvalue weighted by Crippen LogP contribution is 2.49. The van der Waals surface area contributed by atoms with Gasteiger partial charge in [0.05, 0.1) is 5.38 Å². The Hall–Kier alpha value is -0.980. The van der Waals surface area contributed by atoms with Gasteiger partial charge >= 0.3 is 12.4 Å². The number of hydrogen-bond acceptors (Lipinski definition) is 0. The van der Waals surface area contributed by atoms with Crippen LogP contribution in [-0.4, -0.2) is 12.4 Å². The van der Waals surface area contributed by atoms with Crippen LogP contribution < -0.4 is 0 Å². The molecule has 0 aliphatic rings. The predicted molar refractivity (Wildman–Crippen MR) is 55.3 cm³/mol.